The molecule has 3 amide bonds. The maximum Gasteiger partial charge on any atom is 0.259 e. The number of carbonyl (C=O) groups is 3. The molecule has 0 atom stereocenters. The van der Waals surface area contributed by atoms with Gasteiger partial charge < -0.3 is 10.6 Å². The molecular formula is C21H21N3O3. The van der Waals surface area contributed by atoms with Crippen molar-refractivity contribution < 1.29 is 14.4 Å². The Morgan fingerprint density at radius 1 is 0.889 bits per heavy atom. The van der Waals surface area contributed by atoms with E-state index >= 15 is 0 Å². The molecule has 0 saturated carbocycles. The molecule has 1 aliphatic heterocycles. The van der Waals surface area contributed by atoms with Crippen LogP contribution in [0.3, 0.4) is 0 Å². The highest BCUT2D eigenvalue weighted by atomic mass is 16.2. The second-order valence-corrected chi connectivity index (χ2v) is 6.25. The lowest BCUT2D eigenvalue weighted by Crippen LogP contribution is -2.38. The zero-order valence-corrected chi connectivity index (χ0v) is 14.9. The molecule has 0 bridgehead atoms. The molecule has 0 aliphatic carbocycles. The zero-order valence-electron chi connectivity index (χ0n) is 14.9. The normalized spacial score (nSPS) is 12.7. The van der Waals surface area contributed by atoms with Crippen LogP contribution in [0.25, 0.3) is 5.70 Å². The summed E-state index contributed by atoms with van der Waals surface area (Å²) in [5, 5.41) is 5.47. The number of amides is 3. The second kappa shape index (κ2) is 8.31. The van der Waals surface area contributed by atoms with Crippen molar-refractivity contribution in [2.24, 2.45) is 0 Å². The first-order valence-electron chi connectivity index (χ1n) is 8.74. The van der Waals surface area contributed by atoms with E-state index in [-0.39, 0.29) is 37.2 Å². The third kappa shape index (κ3) is 4.41. The molecule has 0 saturated heterocycles. The molecule has 27 heavy (non-hydrogen) atoms. The maximum atomic E-state index is 12.4. The molecule has 3 rings (SSSR count). The van der Waals surface area contributed by atoms with Crippen LogP contribution >= 0.6 is 0 Å². The lowest BCUT2D eigenvalue weighted by atomic mass is 10.1. The van der Waals surface area contributed by atoms with Crippen LogP contribution in [-0.4, -0.2) is 35.7 Å². The molecule has 0 fully saturated rings. The van der Waals surface area contributed by atoms with Gasteiger partial charge in [-0.1, -0.05) is 55.1 Å². The van der Waals surface area contributed by atoms with Crippen LogP contribution in [0.2, 0.25) is 0 Å². The molecule has 6 nitrogen and oxygen atoms in total. The highest BCUT2D eigenvalue weighted by Crippen LogP contribution is 2.30. The third-order valence-electron chi connectivity index (χ3n) is 4.35. The molecule has 1 aliphatic rings. The summed E-state index contributed by atoms with van der Waals surface area (Å²) in [4.78, 5) is 37.7. The Bertz CT molecular complexity index is 842. The van der Waals surface area contributed by atoms with Crippen LogP contribution in [-0.2, 0) is 16.1 Å². The zero-order chi connectivity index (χ0) is 19.2. The van der Waals surface area contributed by atoms with Gasteiger partial charge in [-0.2, -0.15) is 0 Å². The Balaban J connectivity index is 1.41. The first-order chi connectivity index (χ1) is 13.1. The van der Waals surface area contributed by atoms with E-state index in [4.69, 9.17) is 0 Å². The number of rotatable bonds is 7. The minimum absolute atomic E-state index is 0.113. The van der Waals surface area contributed by atoms with Crippen LogP contribution in [0, 0.1) is 0 Å². The summed E-state index contributed by atoms with van der Waals surface area (Å²) in [6.45, 7) is 4.45. The third-order valence-corrected chi connectivity index (χ3v) is 4.35. The second-order valence-electron chi connectivity index (χ2n) is 6.25. The summed E-state index contributed by atoms with van der Waals surface area (Å²) in [6.07, 6.45) is 0.174. The van der Waals surface area contributed by atoms with E-state index in [0.29, 0.717) is 17.8 Å². The van der Waals surface area contributed by atoms with Gasteiger partial charge in [0.2, 0.25) is 11.8 Å². The van der Waals surface area contributed by atoms with Crippen molar-refractivity contribution >= 4 is 23.4 Å². The Morgan fingerprint density at radius 3 is 2.26 bits per heavy atom. The number of fused-ring (bicyclic) bond motifs is 1. The monoisotopic (exact) mass is 363 g/mol. The molecule has 0 spiro atoms. The molecule has 6 heteroatoms. The minimum atomic E-state index is -0.326. The SMILES string of the molecule is C=C1c2ccccc2C(=O)N1CC(=O)NCCC(=O)NCc1ccccc1. The van der Waals surface area contributed by atoms with Gasteiger partial charge in [0.05, 0.1) is 0 Å². The van der Waals surface area contributed by atoms with E-state index in [0.717, 1.165) is 11.1 Å². The van der Waals surface area contributed by atoms with Gasteiger partial charge in [-0.3, -0.25) is 19.3 Å². The van der Waals surface area contributed by atoms with Gasteiger partial charge in [0.1, 0.15) is 6.54 Å². The van der Waals surface area contributed by atoms with E-state index in [9.17, 15) is 14.4 Å². The summed E-state index contributed by atoms with van der Waals surface area (Å²) >= 11 is 0. The predicted molar refractivity (Wildman–Crippen MR) is 102 cm³/mol. The number of nitrogens with zero attached hydrogens (tertiary/aromatic N) is 1. The Kier molecular flexibility index (Phi) is 5.66. The molecule has 2 N–H and O–H groups in total. The molecule has 2 aromatic rings. The van der Waals surface area contributed by atoms with Crippen molar-refractivity contribution in [2.75, 3.05) is 13.1 Å². The first kappa shape index (κ1) is 18.4. The van der Waals surface area contributed by atoms with Crippen molar-refractivity contribution in [3.8, 4) is 0 Å². The molecule has 0 unspecified atom stereocenters. The standard InChI is InChI=1S/C21H21N3O3/c1-15-17-9-5-6-10-18(17)21(27)24(15)14-20(26)22-12-11-19(25)23-13-16-7-3-2-4-8-16/h2-10H,1,11-14H2,(H,22,26)(H,23,25). The van der Waals surface area contributed by atoms with Crippen molar-refractivity contribution in [1.82, 2.24) is 15.5 Å². The Labute approximate surface area is 157 Å². The Morgan fingerprint density at radius 2 is 1.56 bits per heavy atom. The van der Waals surface area contributed by atoms with Crippen LogP contribution in [0.5, 0.6) is 0 Å². The van der Waals surface area contributed by atoms with Gasteiger partial charge in [-0.25, -0.2) is 0 Å². The number of hydrogen-bond acceptors (Lipinski definition) is 3. The minimum Gasteiger partial charge on any atom is -0.354 e. The average molecular weight is 363 g/mol. The van der Waals surface area contributed by atoms with E-state index in [1.54, 1.807) is 12.1 Å². The van der Waals surface area contributed by atoms with Gasteiger partial charge in [0, 0.05) is 36.3 Å². The molecule has 138 valence electrons. The quantitative estimate of drug-likeness (QED) is 0.789. The number of benzene rings is 2. The molecule has 2 aromatic carbocycles. The van der Waals surface area contributed by atoms with Crippen LogP contribution in [0.1, 0.15) is 27.9 Å². The predicted octanol–water partition coefficient (Wildman–Crippen LogP) is 1.94. The number of hydrogen-bond donors (Lipinski definition) is 2. The van der Waals surface area contributed by atoms with Crippen LogP contribution in [0.15, 0.2) is 61.2 Å². The summed E-state index contributed by atoms with van der Waals surface area (Å²) in [7, 11) is 0. The smallest absolute Gasteiger partial charge is 0.259 e. The summed E-state index contributed by atoms with van der Waals surface area (Å²) in [6, 6.07) is 16.7. The lowest BCUT2D eigenvalue weighted by Gasteiger charge is -2.16. The van der Waals surface area contributed by atoms with Crippen molar-refractivity contribution in [1.29, 1.82) is 0 Å². The van der Waals surface area contributed by atoms with E-state index in [1.165, 1.54) is 4.90 Å². The maximum absolute atomic E-state index is 12.4. The average Bonchev–Trinajstić information content (AvgIpc) is 2.92. The van der Waals surface area contributed by atoms with Crippen molar-refractivity contribution in [3.63, 3.8) is 0 Å². The van der Waals surface area contributed by atoms with Crippen LogP contribution in [0.4, 0.5) is 0 Å². The highest BCUT2D eigenvalue weighted by Gasteiger charge is 2.31. The molecule has 1 heterocycles. The largest absolute Gasteiger partial charge is 0.354 e. The van der Waals surface area contributed by atoms with Gasteiger partial charge in [0.15, 0.2) is 0 Å². The van der Waals surface area contributed by atoms with Crippen LogP contribution < -0.4 is 10.6 Å². The topological polar surface area (TPSA) is 78.5 Å². The highest BCUT2D eigenvalue weighted by molar-refractivity contribution is 6.10. The fourth-order valence-electron chi connectivity index (χ4n) is 2.90. The van der Waals surface area contributed by atoms with Crippen molar-refractivity contribution in [3.05, 3.63) is 77.9 Å². The van der Waals surface area contributed by atoms with Gasteiger partial charge in [-0.15, -0.1) is 0 Å². The molecule has 0 aromatic heterocycles. The summed E-state index contributed by atoms with van der Waals surface area (Å²) in [5.41, 5.74) is 2.83. The fraction of sp³-hybridized carbons (Fsp3) is 0.190. The van der Waals surface area contributed by atoms with Gasteiger partial charge in [-0.05, 0) is 11.6 Å². The summed E-state index contributed by atoms with van der Waals surface area (Å²) < 4.78 is 0. The Hall–Kier alpha value is -3.41. The first-order valence-corrected chi connectivity index (χ1v) is 8.74. The van der Waals surface area contributed by atoms with Gasteiger partial charge in [0.25, 0.3) is 5.91 Å². The van der Waals surface area contributed by atoms with Gasteiger partial charge >= 0.3 is 0 Å². The van der Waals surface area contributed by atoms with E-state index in [1.807, 2.05) is 42.5 Å². The number of nitrogens with one attached hydrogen (secondary N) is 2. The lowest BCUT2D eigenvalue weighted by molar-refractivity contribution is -0.122. The van der Waals surface area contributed by atoms with E-state index in [2.05, 4.69) is 17.2 Å². The van der Waals surface area contributed by atoms with E-state index < -0.39 is 0 Å². The summed E-state index contributed by atoms with van der Waals surface area (Å²) in [5.74, 6) is -0.701. The van der Waals surface area contributed by atoms with Crippen molar-refractivity contribution in [2.45, 2.75) is 13.0 Å². The molecular weight excluding hydrogens is 342 g/mol. The molecule has 0 radical (unpaired) electrons. The number of carbonyl (C=O) groups excluding carboxylic acids is 3. The fourth-order valence-corrected chi connectivity index (χ4v) is 2.90.